The van der Waals surface area contributed by atoms with Gasteiger partial charge in [0.2, 0.25) is 0 Å². The van der Waals surface area contributed by atoms with Gasteiger partial charge in [0.05, 0.1) is 32.9 Å². The first kappa shape index (κ1) is 16.0. The lowest BCUT2D eigenvalue weighted by atomic mass is 10.2. The van der Waals surface area contributed by atoms with Crippen LogP contribution in [0.4, 0.5) is 0 Å². The molecule has 4 heteroatoms. The van der Waals surface area contributed by atoms with E-state index in [9.17, 15) is 0 Å². The van der Waals surface area contributed by atoms with Crippen LogP contribution < -0.4 is 10.1 Å². The lowest BCUT2D eigenvalue weighted by Gasteiger charge is -2.07. The number of quaternary nitrogens is 1. The van der Waals surface area contributed by atoms with Crippen molar-refractivity contribution in [3.8, 4) is 5.75 Å². The molecule has 0 fully saturated rings. The van der Waals surface area contributed by atoms with Crippen LogP contribution in [0.2, 0.25) is 0 Å². The minimum absolute atomic E-state index is 0.604. The van der Waals surface area contributed by atoms with E-state index < -0.39 is 0 Å². The predicted molar refractivity (Wildman–Crippen MR) is 75.6 cm³/mol. The van der Waals surface area contributed by atoms with Gasteiger partial charge in [-0.25, -0.2) is 0 Å². The number of hydrogen-bond donors (Lipinski definition) is 1. The number of nitrogens with two attached hydrogens (primary N) is 1. The molecule has 0 aliphatic carbocycles. The van der Waals surface area contributed by atoms with E-state index in [1.807, 2.05) is 24.3 Å². The van der Waals surface area contributed by atoms with Crippen LogP contribution in [0.25, 0.3) is 0 Å². The van der Waals surface area contributed by atoms with Crippen LogP contribution in [0.5, 0.6) is 5.75 Å². The molecule has 0 radical (unpaired) electrons. The molecule has 1 rings (SSSR count). The molecule has 0 saturated heterocycles. The summed E-state index contributed by atoms with van der Waals surface area (Å²) >= 11 is 0. The van der Waals surface area contributed by atoms with Gasteiger partial charge in [0, 0.05) is 13.5 Å². The highest BCUT2D eigenvalue weighted by atomic mass is 16.5. The van der Waals surface area contributed by atoms with E-state index in [1.54, 1.807) is 7.11 Å². The molecule has 108 valence electrons. The SMILES string of the molecule is COCCC[NH2+]CCOCCOc1ccc(C)cc1. The second-order valence-corrected chi connectivity index (χ2v) is 4.49. The third-order valence-corrected chi connectivity index (χ3v) is 2.74. The summed E-state index contributed by atoms with van der Waals surface area (Å²) in [6, 6.07) is 8.06. The van der Waals surface area contributed by atoms with Gasteiger partial charge in [-0.2, -0.15) is 0 Å². The average Bonchev–Trinajstić information content (AvgIpc) is 2.43. The van der Waals surface area contributed by atoms with Crippen molar-refractivity contribution in [1.29, 1.82) is 0 Å². The highest BCUT2D eigenvalue weighted by Gasteiger charge is 1.95. The van der Waals surface area contributed by atoms with Crippen molar-refractivity contribution >= 4 is 0 Å². The number of benzene rings is 1. The number of methoxy groups -OCH3 is 1. The van der Waals surface area contributed by atoms with Crippen LogP contribution >= 0.6 is 0 Å². The van der Waals surface area contributed by atoms with Gasteiger partial charge in [-0.15, -0.1) is 0 Å². The first-order valence-corrected chi connectivity index (χ1v) is 6.90. The highest BCUT2D eigenvalue weighted by Crippen LogP contribution is 2.10. The van der Waals surface area contributed by atoms with E-state index in [0.717, 1.165) is 38.5 Å². The standard InChI is InChI=1S/C15H25NO3/c1-14-4-6-15(7-5-14)19-13-12-18-11-9-16-8-3-10-17-2/h4-7,16H,3,8-13H2,1-2H3/p+1. The summed E-state index contributed by atoms with van der Waals surface area (Å²) < 4.78 is 16.1. The van der Waals surface area contributed by atoms with Gasteiger partial charge >= 0.3 is 0 Å². The maximum Gasteiger partial charge on any atom is 0.119 e. The fraction of sp³-hybridized carbons (Fsp3) is 0.600. The van der Waals surface area contributed by atoms with E-state index >= 15 is 0 Å². The molecule has 0 unspecified atom stereocenters. The Morgan fingerprint density at radius 1 is 0.947 bits per heavy atom. The second kappa shape index (κ2) is 10.8. The van der Waals surface area contributed by atoms with Gasteiger partial charge in [0.25, 0.3) is 0 Å². The van der Waals surface area contributed by atoms with Crippen molar-refractivity contribution in [1.82, 2.24) is 0 Å². The summed E-state index contributed by atoms with van der Waals surface area (Å²) in [4.78, 5) is 0. The molecular formula is C15H26NO3+. The molecule has 0 amide bonds. The van der Waals surface area contributed by atoms with E-state index in [-0.39, 0.29) is 0 Å². The number of ether oxygens (including phenoxy) is 3. The Bertz CT molecular complexity index is 314. The fourth-order valence-corrected chi connectivity index (χ4v) is 1.64. The Morgan fingerprint density at radius 3 is 2.47 bits per heavy atom. The molecule has 2 N–H and O–H groups in total. The van der Waals surface area contributed by atoms with E-state index in [2.05, 4.69) is 12.2 Å². The molecule has 19 heavy (non-hydrogen) atoms. The third-order valence-electron chi connectivity index (χ3n) is 2.74. The van der Waals surface area contributed by atoms with E-state index in [0.29, 0.717) is 13.2 Å². The summed E-state index contributed by atoms with van der Waals surface area (Å²) in [6.07, 6.45) is 1.09. The first-order valence-electron chi connectivity index (χ1n) is 6.90. The van der Waals surface area contributed by atoms with Crippen molar-refractivity contribution in [2.75, 3.05) is 46.6 Å². The van der Waals surface area contributed by atoms with Gasteiger partial charge in [-0.3, -0.25) is 0 Å². The molecule has 0 saturated carbocycles. The van der Waals surface area contributed by atoms with Crippen molar-refractivity contribution in [2.45, 2.75) is 13.3 Å². The molecule has 0 heterocycles. The Morgan fingerprint density at radius 2 is 1.74 bits per heavy atom. The Kier molecular flexibility index (Phi) is 9.06. The molecule has 0 aromatic heterocycles. The Hall–Kier alpha value is -1.10. The number of aryl methyl sites for hydroxylation is 1. The van der Waals surface area contributed by atoms with Crippen LogP contribution in [-0.4, -0.2) is 46.6 Å². The topological polar surface area (TPSA) is 44.3 Å². The van der Waals surface area contributed by atoms with Crippen molar-refractivity contribution in [3.63, 3.8) is 0 Å². The van der Waals surface area contributed by atoms with Crippen LogP contribution in [0.15, 0.2) is 24.3 Å². The molecule has 0 atom stereocenters. The molecule has 0 aliphatic rings. The summed E-state index contributed by atoms with van der Waals surface area (Å²) in [5.74, 6) is 0.903. The van der Waals surface area contributed by atoms with Gasteiger partial charge < -0.3 is 19.5 Å². The monoisotopic (exact) mass is 268 g/mol. The summed E-state index contributed by atoms with van der Waals surface area (Å²) in [6.45, 7) is 7.00. The van der Waals surface area contributed by atoms with Gasteiger partial charge in [-0.05, 0) is 19.1 Å². The molecule has 1 aromatic rings. The summed E-state index contributed by atoms with van der Waals surface area (Å²) in [7, 11) is 1.73. The van der Waals surface area contributed by atoms with Crippen molar-refractivity contribution in [3.05, 3.63) is 29.8 Å². The number of rotatable bonds is 11. The summed E-state index contributed by atoms with van der Waals surface area (Å²) in [5.41, 5.74) is 1.24. The lowest BCUT2D eigenvalue weighted by molar-refractivity contribution is -0.656. The molecule has 0 bridgehead atoms. The fourth-order valence-electron chi connectivity index (χ4n) is 1.64. The second-order valence-electron chi connectivity index (χ2n) is 4.49. The zero-order valence-corrected chi connectivity index (χ0v) is 12.1. The van der Waals surface area contributed by atoms with Gasteiger partial charge in [-0.1, -0.05) is 17.7 Å². The maximum absolute atomic E-state index is 5.57. The highest BCUT2D eigenvalue weighted by molar-refractivity contribution is 5.26. The van der Waals surface area contributed by atoms with Gasteiger partial charge in [0.15, 0.2) is 0 Å². The first-order chi connectivity index (χ1) is 9.33. The van der Waals surface area contributed by atoms with E-state index in [4.69, 9.17) is 14.2 Å². The normalized spacial score (nSPS) is 10.6. The number of hydrogen-bond acceptors (Lipinski definition) is 3. The average molecular weight is 268 g/mol. The minimum Gasteiger partial charge on any atom is -0.491 e. The maximum atomic E-state index is 5.57. The quantitative estimate of drug-likeness (QED) is 0.609. The zero-order chi connectivity index (χ0) is 13.8. The Labute approximate surface area is 116 Å². The van der Waals surface area contributed by atoms with Gasteiger partial charge in [0.1, 0.15) is 12.4 Å². The van der Waals surface area contributed by atoms with Crippen LogP contribution in [0.3, 0.4) is 0 Å². The molecule has 1 aromatic carbocycles. The van der Waals surface area contributed by atoms with Crippen LogP contribution in [0, 0.1) is 6.92 Å². The zero-order valence-electron chi connectivity index (χ0n) is 12.1. The predicted octanol–water partition coefficient (Wildman–Crippen LogP) is 0.990. The molecule has 0 aliphatic heterocycles. The largest absolute Gasteiger partial charge is 0.491 e. The lowest BCUT2D eigenvalue weighted by Crippen LogP contribution is -2.85. The summed E-state index contributed by atoms with van der Waals surface area (Å²) in [5, 5.41) is 2.25. The van der Waals surface area contributed by atoms with Crippen LogP contribution in [-0.2, 0) is 9.47 Å². The van der Waals surface area contributed by atoms with Crippen molar-refractivity contribution < 1.29 is 19.5 Å². The van der Waals surface area contributed by atoms with E-state index in [1.165, 1.54) is 5.56 Å². The van der Waals surface area contributed by atoms with Crippen molar-refractivity contribution in [2.24, 2.45) is 0 Å². The smallest absolute Gasteiger partial charge is 0.119 e. The Balaban J connectivity index is 1.87. The minimum atomic E-state index is 0.604. The molecular weight excluding hydrogens is 242 g/mol. The molecule has 4 nitrogen and oxygen atoms in total. The molecule has 0 spiro atoms. The van der Waals surface area contributed by atoms with Crippen LogP contribution in [0.1, 0.15) is 12.0 Å². The third kappa shape index (κ3) is 8.59.